The Morgan fingerprint density at radius 2 is 1.90 bits per heavy atom. The van der Waals surface area contributed by atoms with Gasteiger partial charge in [-0.25, -0.2) is 0 Å². The lowest BCUT2D eigenvalue weighted by Crippen LogP contribution is -2.43. The minimum Gasteiger partial charge on any atom is -0.508 e. The van der Waals surface area contributed by atoms with Crippen LogP contribution in [-0.2, 0) is 22.5 Å². The summed E-state index contributed by atoms with van der Waals surface area (Å²) in [7, 11) is 1.93. The van der Waals surface area contributed by atoms with E-state index in [0.29, 0.717) is 19.6 Å². The molecule has 2 atom stereocenters. The number of nitrogens with zero attached hydrogens (tertiary/aromatic N) is 2. The van der Waals surface area contributed by atoms with Crippen LogP contribution in [0.4, 0.5) is 0 Å². The van der Waals surface area contributed by atoms with Crippen LogP contribution in [0, 0.1) is 0 Å². The first-order valence-electron chi connectivity index (χ1n) is 11.1. The summed E-state index contributed by atoms with van der Waals surface area (Å²) in [5, 5.41) is 10.2. The molecule has 5 heteroatoms. The van der Waals surface area contributed by atoms with Crippen molar-refractivity contribution in [2.45, 2.75) is 50.8 Å². The molecule has 160 valence electrons. The molecule has 4 rings (SSSR count). The van der Waals surface area contributed by atoms with Crippen LogP contribution >= 0.6 is 0 Å². The summed E-state index contributed by atoms with van der Waals surface area (Å²) >= 11 is 0. The van der Waals surface area contributed by atoms with Gasteiger partial charge in [0.2, 0.25) is 5.91 Å². The van der Waals surface area contributed by atoms with Gasteiger partial charge in [0.1, 0.15) is 5.75 Å². The van der Waals surface area contributed by atoms with E-state index in [0.717, 1.165) is 44.3 Å². The molecule has 2 aromatic carbocycles. The van der Waals surface area contributed by atoms with E-state index in [4.69, 9.17) is 4.74 Å². The van der Waals surface area contributed by atoms with Crippen molar-refractivity contribution < 1.29 is 14.6 Å². The van der Waals surface area contributed by atoms with E-state index in [1.807, 2.05) is 30.1 Å². The van der Waals surface area contributed by atoms with Crippen molar-refractivity contribution in [3.63, 3.8) is 0 Å². The number of aromatic hydroxyl groups is 1. The fraction of sp³-hybridized carbons (Fsp3) is 0.480. The van der Waals surface area contributed by atoms with Gasteiger partial charge < -0.3 is 14.7 Å². The lowest BCUT2D eigenvalue weighted by Gasteiger charge is -2.35. The molecule has 0 radical (unpaired) electrons. The van der Waals surface area contributed by atoms with Gasteiger partial charge in [-0.15, -0.1) is 0 Å². The van der Waals surface area contributed by atoms with E-state index in [1.54, 1.807) is 6.07 Å². The third-order valence-corrected chi connectivity index (χ3v) is 6.43. The average Bonchev–Trinajstić information content (AvgIpc) is 3.27. The molecule has 5 nitrogen and oxygen atoms in total. The highest BCUT2D eigenvalue weighted by Crippen LogP contribution is 2.33. The molecule has 1 saturated heterocycles. The van der Waals surface area contributed by atoms with Gasteiger partial charge in [0.15, 0.2) is 0 Å². The van der Waals surface area contributed by atoms with Crippen LogP contribution in [0.3, 0.4) is 0 Å². The molecule has 1 N–H and O–H groups in total. The fourth-order valence-corrected chi connectivity index (χ4v) is 4.75. The standard InChI is InChI=1S/C25H32N2O3/c1-26(23-13-6-10-19-8-2-4-12-22(19)23)25(29)18-27(17-21-11-7-15-30-21)16-20-9-3-5-14-24(20)28/h2-5,8-9,12,14,21,23,28H,6-7,10-11,13,15-18H2,1H3. The van der Waals surface area contributed by atoms with E-state index in [-0.39, 0.29) is 23.8 Å². The number of rotatable bonds is 7. The number of aryl methyl sites for hydroxylation is 1. The minimum atomic E-state index is 0.116. The Morgan fingerprint density at radius 3 is 2.70 bits per heavy atom. The first kappa shape index (κ1) is 20.9. The first-order chi connectivity index (χ1) is 14.6. The van der Waals surface area contributed by atoms with E-state index in [2.05, 4.69) is 29.2 Å². The Kier molecular flexibility index (Phi) is 6.70. The van der Waals surface area contributed by atoms with Gasteiger partial charge >= 0.3 is 0 Å². The molecule has 1 heterocycles. The Bertz CT molecular complexity index is 863. The van der Waals surface area contributed by atoms with Crippen molar-refractivity contribution in [2.75, 3.05) is 26.7 Å². The topological polar surface area (TPSA) is 53.0 Å². The maximum atomic E-state index is 13.3. The summed E-state index contributed by atoms with van der Waals surface area (Å²) in [6, 6.07) is 16.0. The number of likely N-dealkylation sites (N-methyl/N-ethyl adjacent to an activating group) is 1. The second kappa shape index (κ2) is 9.63. The summed E-state index contributed by atoms with van der Waals surface area (Å²) in [5.41, 5.74) is 3.48. The Balaban J connectivity index is 1.47. The molecule has 1 amide bonds. The number of para-hydroxylation sites is 1. The molecule has 2 aliphatic rings. The van der Waals surface area contributed by atoms with Crippen LogP contribution in [0.2, 0.25) is 0 Å². The number of carbonyl (C=O) groups excluding carboxylic acids is 1. The van der Waals surface area contributed by atoms with E-state index >= 15 is 0 Å². The molecular formula is C25H32N2O3. The minimum absolute atomic E-state index is 0.116. The van der Waals surface area contributed by atoms with Crippen LogP contribution < -0.4 is 0 Å². The van der Waals surface area contributed by atoms with Crippen molar-refractivity contribution in [1.29, 1.82) is 0 Å². The monoisotopic (exact) mass is 408 g/mol. The van der Waals surface area contributed by atoms with Gasteiger partial charge in [0, 0.05) is 32.3 Å². The second-order valence-electron chi connectivity index (χ2n) is 8.54. The number of amides is 1. The average molecular weight is 409 g/mol. The third kappa shape index (κ3) is 4.85. The Labute approximate surface area is 179 Å². The molecule has 2 unspecified atom stereocenters. The number of benzene rings is 2. The summed E-state index contributed by atoms with van der Waals surface area (Å²) in [6.45, 7) is 2.35. The van der Waals surface area contributed by atoms with Crippen molar-refractivity contribution in [2.24, 2.45) is 0 Å². The highest BCUT2D eigenvalue weighted by molar-refractivity contribution is 5.78. The molecule has 1 fully saturated rings. The zero-order valence-electron chi connectivity index (χ0n) is 17.8. The lowest BCUT2D eigenvalue weighted by atomic mass is 9.87. The highest BCUT2D eigenvalue weighted by Gasteiger charge is 2.28. The predicted octanol–water partition coefficient (Wildman–Crippen LogP) is 3.91. The Hall–Kier alpha value is -2.37. The van der Waals surface area contributed by atoms with Crippen molar-refractivity contribution in [3.8, 4) is 5.75 Å². The number of hydrogen-bond acceptors (Lipinski definition) is 4. The number of phenols is 1. The molecular weight excluding hydrogens is 376 g/mol. The summed E-state index contributed by atoms with van der Waals surface area (Å²) in [4.78, 5) is 17.3. The first-order valence-corrected chi connectivity index (χ1v) is 11.1. The largest absolute Gasteiger partial charge is 0.508 e. The molecule has 0 spiro atoms. The molecule has 0 aromatic heterocycles. The molecule has 1 aliphatic heterocycles. The maximum absolute atomic E-state index is 13.3. The van der Waals surface area contributed by atoms with Gasteiger partial charge in [0.05, 0.1) is 18.7 Å². The molecule has 30 heavy (non-hydrogen) atoms. The number of ether oxygens (including phenoxy) is 1. The van der Waals surface area contributed by atoms with Crippen LogP contribution in [0.1, 0.15) is 48.4 Å². The van der Waals surface area contributed by atoms with E-state index in [9.17, 15) is 9.90 Å². The lowest BCUT2D eigenvalue weighted by molar-refractivity contribution is -0.134. The highest BCUT2D eigenvalue weighted by atomic mass is 16.5. The third-order valence-electron chi connectivity index (χ3n) is 6.43. The van der Waals surface area contributed by atoms with Crippen molar-refractivity contribution in [1.82, 2.24) is 9.80 Å². The molecule has 0 saturated carbocycles. The molecule has 0 bridgehead atoms. The number of phenolic OH excluding ortho intramolecular Hbond substituents is 1. The normalized spacial score (nSPS) is 20.9. The SMILES string of the molecule is CN(C(=O)CN(Cc1ccccc1O)CC1CCCO1)C1CCCc2ccccc21. The summed E-state index contributed by atoms with van der Waals surface area (Å²) in [5.74, 6) is 0.391. The number of carbonyl (C=O) groups is 1. The number of hydrogen-bond donors (Lipinski definition) is 1. The van der Waals surface area contributed by atoms with Gasteiger partial charge in [-0.1, -0.05) is 42.5 Å². The van der Waals surface area contributed by atoms with Gasteiger partial charge in [-0.3, -0.25) is 9.69 Å². The van der Waals surface area contributed by atoms with Crippen molar-refractivity contribution in [3.05, 3.63) is 65.2 Å². The van der Waals surface area contributed by atoms with Gasteiger partial charge in [-0.05, 0) is 49.3 Å². The summed E-state index contributed by atoms with van der Waals surface area (Å²) < 4.78 is 5.83. The zero-order valence-corrected chi connectivity index (χ0v) is 17.8. The van der Waals surface area contributed by atoms with Crippen LogP contribution in [0.15, 0.2) is 48.5 Å². The maximum Gasteiger partial charge on any atom is 0.237 e. The van der Waals surface area contributed by atoms with Gasteiger partial charge in [-0.2, -0.15) is 0 Å². The molecule has 2 aromatic rings. The fourth-order valence-electron chi connectivity index (χ4n) is 4.75. The number of fused-ring (bicyclic) bond motifs is 1. The summed E-state index contributed by atoms with van der Waals surface area (Å²) in [6.07, 6.45) is 5.46. The predicted molar refractivity (Wildman–Crippen MR) is 117 cm³/mol. The van der Waals surface area contributed by atoms with Crippen molar-refractivity contribution >= 4 is 5.91 Å². The Morgan fingerprint density at radius 1 is 1.10 bits per heavy atom. The van der Waals surface area contributed by atoms with E-state index < -0.39 is 0 Å². The van der Waals surface area contributed by atoms with Gasteiger partial charge in [0.25, 0.3) is 0 Å². The van der Waals surface area contributed by atoms with Crippen LogP contribution in [-0.4, -0.2) is 53.7 Å². The second-order valence-corrected chi connectivity index (χ2v) is 8.54. The quantitative estimate of drug-likeness (QED) is 0.755. The molecule has 1 aliphatic carbocycles. The van der Waals surface area contributed by atoms with Crippen LogP contribution in [0.5, 0.6) is 5.75 Å². The van der Waals surface area contributed by atoms with E-state index in [1.165, 1.54) is 11.1 Å². The van der Waals surface area contributed by atoms with Crippen LogP contribution in [0.25, 0.3) is 0 Å². The zero-order chi connectivity index (χ0) is 20.9. The smallest absolute Gasteiger partial charge is 0.237 e.